The predicted molar refractivity (Wildman–Crippen MR) is 105 cm³/mol. The number of carbonyl (C=O) groups is 1. The van der Waals surface area contributed by atoms with E-state index in [0.29, 0.717) is 11.3 Å². The quantitative estimate of drug-likeness (QED) is 0.669. The van der Waals surface area contributed by atoms with Crippen molar-refractivity contribution in [2.24, 2.45) is 0 Å². The summed E-state index contributed by atoms with van der Waals surface area (Å²) < 4.78 is 32.5. The minimum atomic E-state index is -4.09. The van der Waals surface area contributed by atoms with Gasteiger partial charge < -0.3 is 4.74 Å². The van der Waals surface area contributed by atoms with Gasteiger partial charge in [0.05, 0.1) is 17.7 Å². The molecule has 3 aromatic carbocycles. The highest BCUT2D eigenvalue weighted by molar-refractivity contribution is 7.93. The van der Waals surface area contributed by atoms with Gasteiger partial charge in [0.1, 0.15) is 5.75 Å². The maximum absolute atomic E-state index is 13.3. The summed E-state index contributed by atoms with van der Waals surface area (Å²) in [6, 6.07) is 21.1. The highest BCUT2D eigenvalue weighted by Gasteiger charge is 2.31. The number of aryl methyl sites for hydroxylation is 1. The second-order valence-corrected chi connectivity index (χ2v) is 7.74. The first kappa shape index (κ1) is 18.7. The van der Waals surface area contributed by atoms with Crippen LogP contribution in [0.2, 0.25) is 0 Å². The van der Waals surface area contributed by atoms with Crippen LogP contribution in [0.25, 0.3) is 0 Å². The van der Waals surface area contributed by atoms with Crippen LogP contribution in [-0.2, 0) is 10.0 Å². The molecule has 0 saturated carbocycles. The van der Waals surface area contributed by atoms with Crippen molar-refractivity contribution in [2.75, 3.05) is 11.4 Å². The Labute approximate surface area is 158 Å². The molecular weight excluding hydrogens is 362 g/mol. The smallest absolute Gasteiger partial charge is 0.272 e. The molecule has 0 N–H and O–H groups in total. The summed E-state index contributed by atoms with van der Waals surface area (Å²) in [5.74, 6) is -0.0495. The molecule has 1 amide bonds. The maximum atomic E-state index is 13.3. The summed E-state index contributed by atoms with van der Waals surface area (Å²) in [5, 5.41) is 0. The summed E-state index contributed by atoms with van der Waals surface area (Å²) >= 11 is 0. The van der Waals surface area contributed by atoms with Crippen LogP contribution in [0.3, 0.4) is 0 Å². The molecule has 6 heteroatoms. The fourth-order valence-corrected chi connectivity index (χ4v) is 4.11. The lowest BCUT2D eigenvalue weighted by molar-refractivity contribution is 0.100. The van der Waals surface area contributed by atoms with Gasteiger partial charge in [0.25, 0.3) is 15.9 Å². The van der Waals surface area contributed by atoms with Crippen LogP contribution < -0.4 is 9.04 Å². The molecule has 0 atom stereocenters. The van der Waals surface area contributed by atoms with Crippen LogP contribution in [-0.4, -0.2) is 21.4 Å². The minimum Gasteiger partial charge on any atom is -0.497 e. The summed E-state index contributed by atoms with van der Waals surface area (Å²) in [5.41, 5.74) is 1.41. The average molecular weight is 381 g/mol. The highest BCUT2D eigenvalue weighted by Crippen LogP contribution is 2.28. The van der Waals surface area contributed by atoms with Crippen molar-refractivity contribution < 1.29 is 17.9 Å². The van der Waals surface area contributed by atoms with Gasteiger partial charge in [-0.3, -0.25) is 4.79 Å². The van der Waals surface area contributed by atoms with Gasteiger partial charge >= 0.3 is 0 Å². The molecule has 0 radical (unpaired) electrons. The molecule has 5 nitrogen and oxygen atoms in total. The molecule has 0 aliphatic rings. The van der Waals surface area contributed by atoms with Gasteiger partial charge in [-0.15, -0.1) is 0 Å². The Balaban J connectivity index is 2.15. The Bertz CT molecular complexity index is 1050. The largest absolute Gasteiger partial charge is 0.497 e. The number of methoxy groups -OCH3 is 1. The van der Waals surface area contributed by atoms with E-state index < -0.39 is 15.9 Å². The number of rotatable bonds is 5. The minimum absolute atomic E-state index is 0.0434. The number of amides is 1. The zero-order valence-electron chi connectivity index (χ0n) is 15.0. The van der Waals surface area contributed by atoms with Gasteiger partial charge in [0.15, 0.2) is 0 Å². The van der Waals surface area contributed by atoms with E-state index in [1.54, 1.807) is 60.7 Å². The molecule has 27 heavy (non-hydrogen) atoms. The number of ether oxygens (including phenoxy) is 1. The third-order valence-electron chi connectivity index (χ3n) is 4.04. The van der Waals surface area contributed by atoms with Crippen LogP contribution in [0.5, 0.6) is 5.75 Å². The fraction of sp³-hybridized carbons (Fsp3) is 0.0952. The lowest BCUT2D eigenvalue weighted by Gasteiger charge is -2.23. The van der Waals surface area contributed by atoms with E-state index in [-0.39, 0.29) is 10.6 Å². The van der Waals surface area contributed by atoms with Gasteiger partial charge in [-0.25, -0.2) is 8.42 Å². The van der Waals surface area contributed by atoms with E-state index >= 15 is 0 Å². The van der Waals surface area contributed by atoms with Gasteiger partial charge in [-0.2, -0.15) is 4.31 Å². The molecule has 3 rings (SSSR count). The third kappa shape index (κ3) is 3.85. The number of hydrogen-bond donors (Lipinski definition) is 0. The summed E-state index contributed by atoms with van der Waals surface area (Å²) in [7, 11) is -2.57. The molecule has 3 aromatic rings. The van der Waals surface area contributed by atoms with E-state index in [0.717, 1.165) is 9.87 Å². The first-order valence-electron chi connectivity index (χ1n) is 8.29. The van der Waals surface area contributed by atoms with Gasteiger partial charge in [-0.1, -0.05) is 35.9 Å². The van der Waals surface area contributed by atoms with Crippen molar-refractivity contribution in [1.29, 1.82) is 0 Å². The Morgan fingerprint density at radius 3 is 2.15 bits per heavy atom. The second kappa shape index (κ2) is 7.63. The van der Waals surface area contributed by atoms with E-state index in [1.807, 2.05) is 13.0 Å². The summed E-state index contributed by atoms with van der Waals surface area (Å²) in [6.45, 7) is 1.85. The molecule has 0 aliphatic carbocycles. The van der Waals surface area contributed by atoms with E-state index in [9.17, 15) is 13.2 Å². The topological polar surface area (TPSA) is 63.7 Å². The standard InChI is InChI=1S/C21H19NO4S/c1-16-7-6-8-17(15-16)21(23)22(18-11-13-19(26-2)14-12-18)27(24,25)20-9-4-3-5-10-20/h3-15H,1-2H3. The Morgan fingerprint density at radius 2 is 1.56 bits per heavy atom. The Hall–Kier alpha value is -3.12. The van der Waals surface area contributed by atoms with Gasteiger partial charge in [0, 0.05) is 5.56 Å². The Kier molecular flexibility index (Phi) is 5.28. The van der Waals surface area contributed by atoms with Gasteiger partial charge in [0.2, 0.25) is 0 Å². The van der Waals surface area contributed by atoms with Crippen LogP contribution in [0.15, 0.2) is 83.8 Å². The summed E-state index contributed by atoms with van der Waals surface area (Å²) in [4.78, 5) is 13.2. The SMILES string of the molecule is COc1ccc(N(C(=O)c2cccc(C)c2)S(=O)(=O)c2ccccc2)cc1. The number of anilines is 1. The zero-order valence-corrected chi connectivity index (χ0v) is 15.8. The van der Waals surface area contributed by atoms with Crippen LogP contribution >= 0.6 is 0 Å². The molecule has 0 saturated heterocycles. The van der Waals surface area contributed by atoms with Crippen LogP contribution in [0.1, 0.15) is 15.9 Å². The highest BCUT2D eigenvalue weighted by atomic mass is 32.2. The van der Waals surface area contributed by atoms with E-state index in [2.05, 4.69) is 0 Å². The normalized spacial score (nSPS) is 11.0. The van der Waals surface area contributed by atoms with Crippen molar-refractivity contribution in [3.63, 3.8) is 0 Å². The van der Waals surface area contributed by atoms with E-state index in [4.69, 9.17) is 4.74 Å². The number of benzene rings is 3. The molecule has 0 heterocycles. The van der Waals surface area contributed by atoms with Gasteiger partial charge in [-0.05, 0) is 55.5 Å². The molecular formula is C21H19NO4S. The number of nitrogens with zero attached hydrogens (tertiary/aromatic N) is 1. The zero-order chi connectivity index (χ0) is 19.4. The number of sulfonamides is 1. The predicted octanol–water partition coefficient (Wildman–Crippen LogP) is 4.04. The fourth-order valence-electron chi connectivity index (χ4n) is 2.68. The summed E-state index contributed by atoms with van der Waals surface area (Å²) in [6.07, 6.45) is 0. The van der Waals surface area contributed by atoms with Crippen molar-refractivity contribution >= 4 is 21.6 Å². The number of carbonyl (C=O) groups excluding carboxylic acids is 1. The van der Waals surface area contributed by atoms with Crippen molar-refractivity contribution in [2.45, 2.75) is 11.8 Å². The molecule has 0 unspecified atom stereocenters. The maximum Gasteiger partial charge on any atom is 0.272 e. The van der Waals surface area contributed by atoms with Crippen molar-refractivity contribution in [3.05, 3.63) is 90.0 Å². The average Bonchev–Trinajstić information content (AvgIpc) is 2.69. The van der Waals surface area contributed by atoms with Crippen molar-refractivity contribution in [1.82, 2.24) is 0 Å². The molecule has 0 bridgehead atoms. The molecule has 138 valence electrons. The lowest BCUT2D eigenvalue weighted by atomic mass is 10.1. The first-order chi connectivity index (χ1) is 12.9. The monoisotopic (exact) mass is 381 g/mol. The Morgan fingerprint density at radius 1 is 0.889 bits per heavy atom. The van der Waals surface area contributed by atoms with Crippen molar-refractivity contribution in [3.8, 4) is 5.75 Å². The van der Waals surface area contributed by atoms with E-state index in [1.165, 1.54) is 19.2 Å². The number of hydrogen-bond acceptors (Lipinski definition) is 4. The van der Waals surface area contributed by atoms with Crippen LogP contribution in [0.4, 0.5) is 5.69 Å². The van der Waals surface area contributed by atoms with Crippen LogP contribution in [0, 0.1) is 6.92 Å². The third-order valence-corrected chi connectivity index (χ3v) is 5.76. The molecule has 0 aromatic heterocycles. The molecule has 0 fully saturated rings. The lowest BCUT2D eigenvalue weighted by Crippen LogP contribution is -2.37. The first-order valence-corrected chi connectivity index (χ1v) is 9.73. The molecule has 0 spiro atoms. The second-order valence-electron chi connectivity index (χ2n) is 5.96. The molecule has 0 aliphatic heterocycles.